The molecule has 1 amide bonds. The standard InChI is InChI=1S/C25H32ClN3O5/c1-4-19-22-20(12-25(15-27-23(22)30)7-9-33-10-8-25)29(28-19)13-16(2)14-34-24(31)17-5-6-21(32-3)18(26)11-17/h5-6,11,16H,4,7-10,12-15H2,1-3H3,(H,27,30)/t16-/m1/s1. The molecular formula is C25H32ClN3O5. The van der Waals surface area contributed by atoms with E-state index in [1.165, 1.54) is 7.11 Å². The maximum atomic E-state index is 13.0. The number of hydrogen-bond donors (Lipinski definition) is 1. The number of aromatic nitrogens is 2. The zero-order chi connectivity index (χ0) is 24.3. The molecule has 0 unspecified atom stereocenters. The largest absolute Gasteiger partial charge is 0.495 e. The maximum absolute atomic E-state index is 13.0. The molecule has 1 N–H and O–H groups in total. The summed E-state index contributed by atoms with van der Waals surface area (Å²) in [6, 6.07) is 4.82. The lowest BCUT2D eigenvalue weighted by molar-refractivity contribution is 0.0151. The van der Waals surface area contributed by atoms with Crippen molar-refractivity contribution in [2.24, 2.45) is 11.3 Å². The number of amides is 1. The van der Waals surface area contributed by atoms with Crippen LogP contribution in [0.4, 0.5) is 0 Å². The van der Waals surface area contributed by atoms with Crippen molar-refractivity contribution in [2.75, 3.05) is 33.5 Å². The Morgan fingerprint density at radius 1 is 1.35 bits per heavy atom. The third kappa shape index (κ3) is 5.08. The van der Waals surface area contributed by atoms with E-state index in [1.54, 1.807) is 18.2 Å². The number of esters is 1. The number of rotatable bonds is 7. The molecule has 2 aliphatic heterocycles. The topological polar surface area (TPSA) is 91.7 Å². The van der Waals surface area contributed by atoms with Gasteiger partial charge >= 0.3 is 5.97 Å². The highest BCUT2D eigenvalue weighted by atomic mass is 35.5. The van der Waals surface area contributed by atoms with Gasteiger partial charge in [0.2, 0.25) is 0 Å². The predicted octanol–water partition coefficient (Wildman–Crippen LogP) is 3.68. The minimum Gasteiger partial charge on any atom is -0.495 e. The van der Waals surface area contributed by atoms with Crippen molar-refractivity contribution in [1.82, 2.24) is 15.1 Å². The highest BCUT2D eigenvalue weighted by Gasteiger charge is 2.39. The van der Waals surface area contributed by atoms with Crippen molar-refractivity contribution >= 4 is 23.5 Å². The molecule has 34 heavy (non-hydrogen) atoms. The third-order valence-corrected chi connectivity index (χ3v) is 7.08. The van der Waals surface area contributed by atoms with Crippen LogP contribution in [0.1, 0.15) is 58.8 Å². The Bertz CT molecular complexity index is 1060. The third-order valence-electron chi connectivity index (χ3n) is 6.78. The van der Waals surface area contributed by atoms with Gasteiger partial charge in [-0.25, -0.2) is 4.79 Å². The van der Waals surface area contributed by atoms with Gasteiger partial charge in [-0.05, 0) is 49.3 Å². The van der Waals surface area contributed by atoms with E-state index in [2.05, 4.69) is 5.32 Å². The van der Waals surface area contributed by atoms with Gasteiger partial charge in [0.15, 0.2) is 0 Å². The molecule has 8 nitrogen and oxygen atoms in total. The molecule has 1 aromatic carbocycles. The molecule has 0 aliphatic carbocycles. The van der Waals surface area contributed by atoms with Crippen molar-refractivity contribution in [3.05, 3.63) is 45.7 Å². The van der Waals surface area contributed by atoms with Crippen molar-refractivity contribution in [2.45, 2.75) is 46.1 Å². The van der Waals surface area contributed by atoms with Crippen LogP contribution in [-0.4, -0.2) is 55.1 Å². The zero-order valence-electron chi connectivity index (χ0n) is 20.0. The summed E-state index contributed by atoms with van der Waals surface area (Å²) in [5, 5.41) is 8.28. The quantitative estimate of drug-likeness (QED) is 0.596. The molecule has 1 aromatic heterocycles. The SMILES string of the molecule is CCc1nn(C[C@@H](C)COC(=O)c2ccc(OC)c(Cl)c2)c2c1C(=O)NCC1(CCOCC1)C2. The van der Waals surface area contributed by atoms with Gasteiger partial charge in [0.05, 0.1) is 41.3 Å². The van der Waals surface area contributed by atoms with Gasteiger partial charge in [-0.2, -0.15) is 5.10 Å². The van der Waals surface area contributed by atoms with Crippen LogP contribution in [0, 0.1) is 11.3 Å². The molecule has 0 saturated carbocycles. The molecule has 0 radical (unpaired) electrons. The van der Waals surface area contributed by atoms with Crippen LogP contribution in [-0.2, 0) is 28.9 Å². The van der Waals surface area contributed by atoms with Crippen LogP contribution in [0.2, 0.25) is 5.02 Å². The number of fused-ring (bicyclic) bond motifs is 1. The Balaban J connectivity index is 1.48. The summed E-state index contributed by atoms with van der Waals surface area (Å²) >= 11 is 6.13. The first-order chi connectivity index (χ1) is 16.4. The number of methoxy groups -OCH3 is 1. The number of carbonyl (C=O) groups is 2. The lowest BCUT2D eigenvalue weighted by Gasteiger charge is -2.36. The second-order valence-corrected chi connectivity index (χ2v) is 9.74. The summed E-state index contributed by atoms with van der Waals surface area (Å²) in [6.07, 6.45) is 3.29. The minimum atomic E-state index is -0.439. The molecule has 2 aliphatic rings. The summed E-state index contributed by atoms with van der Waals surface area (Å²) in [5.74, 6) is 0.0229. The van der Waals surface area contributed by atoms with E-state index >= 15 is 0 Å². The molecule has 1 saturated heterocycles. The number of carbonyl (C=O) groups excluding carboxylic acids is 2. The number of halogens is 1. The first-order valence-electron chi connectivity index (χ1n) is 11.8. The molecule has 9 heteroatoms. The summed E-state index contributed by atoms with van der Waals surface area (Å²) in [6.45, 7) is 6.88. The lowest BCUT2D eigenvalue weighted by Crippen LogP contribution is -2.41. The number of ether oxygens (including phenoxy) is 3. The van der Waals surface area contributed by atoms with E-state index in [9.17, 15) is 9.59 Å². The van der Waals surface area contributed by atoms with Crippen molar-refractivity contribution < 1.29 is 23.8 Å². The minimum absolute atomic E-state index is 0.00308. The van der Waals surface area contributed by atoms with E-state index in [-0.39, 0.29) is 23.8 Å². The summed E-state index contributed by atoms with van der Waals surface area (Å²) in [7, 11) is 1.52. The Morgan fingerprint density at radius 3 is 2.79 bits per heavy atom. The highest BCUT2D eigenvalue weighted by molar-refractivity contribution is 6.32. The van der Waals surface area contributed by atoms with Gasteiger partial charge in [0.1, 0.15) is 5.75 Å². The van der Waals surface area contributed by atoms with Gasteiger partial charge in [0.25, 0.3) is 5.91 Å². The Morgan fingerprint density at radius 2 is 2.12 bits per heavy atom. The second kappa shape index (κ2) is 10.4. The normalized spacial score (nSPS) is 18.1. The molecule has 1 fully saturated rings. The average molecular weight is 490 g/mol. The van der Waals surface area contributed by atoms with Gasteiger partial charge in [-0.3, -0.25) is 9.48 Å². The van der Waals surface area contributed by atoms with Crippen molar-refractivity contribution in [3.63, 3.8) is 0 Å². The molecule has 1 spiro atoms. The van der Waals surface area contributed by atoms with E-state index < -0.39 is 5.97 Å². The maximum Gasteiger partial charge on any atom is 0.338 e. The summed E-state index contributed by atoms with van der Waals surface area (Å²) in [4.78, 5) is 25.5. The Labute approximate surface area is 204 Å². The fraction of sp³-hybridized carbons (Fsp3) is 0.560. The number of nitrogens with one attached hydrogen (secondary N) is 1. The first-order valence-corrected chi connectivity index (χ1v) is 12.2. The zero-order valence-corrected chi connectivity index (χ0v) is 20.7. The van der Waals surface area contributed by atoms with Crippen LogP contribution in [0.15, 0.2) is 18.2 Å². The van der Waals surface area contributed by atoms with Gasteiger partial charge in [-0.15, -0.1) is 0 Å². The van der Waals surface area contributed by atoms with E-state index in [4.69, 9.17) is 30.9 Å². The first kappa shape index (κ1) is 24.5. The van der Waals surface area contributed by atoms with Crippen LogP contribution in [0.25, 0.3) is 0 Å². The molecule has 4 rings (SSSR count). The van der Waals surface area contributed by atoms with Crippen LogP contribution in [0.5, 0.6) is 5.75 Å². The van der Waals surface area contributed by atoms with E-state index in [0.717, 1.165) is 30.7 Å². The number of aryl methyl sites for hydroxylation is 1. The monoisotopic (exact) mass is 489 g/mol. The lowest BCUT2D eigenvalue weighted by atomic mass is 9.76. The van der Waals surface area contributed by atoms with Crippen LogP contribution in [0.3, 0.4) is 0 Å². The molecule has 1 atom stereocenters. The van der Waals surface area contributed by atoms with Gasteiger partial charge < -0.3 is 19.5 Å². The number of benzene rings is 1. The molecule has 3 heterocycles. The van der Waals surface area contributed by atoms with Crippen LogP contribution < -0.4 is 10.1 Å². The molecule has 2 aromatic rings. The summed E-state index contributed by atoms with van der Waals surface area (Å²) < 4.78 is 18.2. The fourth-order valence-corrected chi connectivity index (χ4v) is 5.02. The van der Waals surface area contributed by atoms with Gasteiger partial charge in [-0.1, -0.05) is 25.4 Å². The summed E-state index contributed by atoms with van der Waals surface area (Å²) in [5.41, 5.74) is 2.87. The molecule has 184 valence electrons. The van der Waals surface area contributed by atoms with Crippen molar-refractivity contribution in [3.8, 4) is 5.75 Å². The van der Waals surface area contributed by atoms with Crippen molar-refractivity contribution in [1.29, 1.82) is 0 Å². The van der Waals surface area contributed by atoms with E-state index in [1.807, 2.05) is 18.5 Å². The highest BCUT2D eigenvalue weighted by Crippen LogP contribution is 2.37. The Hall–Kier alpha value is -2.58. The molecular weight excluding hydrogens is 458 g/mol. The Kier molecular flexibility index (Phi) is 7.48. The van der Waals surface area contributed by atoms with Crippen LogP contribution >= 0.6 is 11.6 Å². The van der Waals surface area contributed by atoms with Gasteiger partial charge in [0, 0.05) is 32.2 Å². The van der Waals surface area contributed by atoms with E-state index in [0.29, 0.717) is 54.6 Å². The fourth-order valence-electron chi connectivity index (χ4n) is 4.77. The average Bonchev–Trinajstić information content (AvgIpc) is 3.10. The number of hydrogen-bond acceptors (Lipinski definition) is 6. The predicted molar refractivity (Wildman–Crippen MR) is 128 cm³/mol. The second-order valence-electron chi connectivity index (χ2n) is 9.33. The smallest absolute Gasteiger partial charge is 0.338 e. The number of nitrogens with zero attached hydrogens (tertiary/aromatic N) is 2. The molecule has 0 bridgehead atoms.